The van der Waals surface area contributed by atoms with Crippen LogP contribution in [-0.4, -0.2) is 5.91 Å². The van der Waals surface area contributed by atoms with E-state index in [0.717, 1.165) is 12.0 Å². The number of rotatable bonds is 4. The highest BCUT2D eigenvalue weighted by molar-refractivity contribution is 6.36. The third-order valence-corrected chi connectivity index (χ3v) is 3.92. The highest BCUT2D eigenvalue weighted by atomic mass is 35.5. The van der Waals surface area contributed by atoms with Crippen LogP contribution in [-0.2, 0) is 0 Å². The summed E-state index contributed by atoms with van der Waals surface area (Å²) >= 11 is 11.9. The number of aryl methyl sites for hydroxylation is 1. The Morgan fingerprint density at radius 3 is 2.38 bits per heavy atom. The van der Waals surface area contributed by atoms with E-state index in [0.29, 0.717) is 15.6 Å². The van der Waals surface area contributed by atoms with Crippen LogP contribution in [0.15, 0.2) is 42.5 Å². The Morgan fingerprint density at radius 1 is 1.14 bits per heavy atom. The standard InChI is InChI=1S/C17H17Cl2NO/c1-3-16(12-6-4-11(2)5-7-12)20-17(21)14-9-8-13(18)10-15(14)19/h4-10,16H,3H2,1-2H3,(H,20,21)/t16-/m1/s1. The van der Waals surface area contributed by atoms with Gasteiger partial charge in [0, 0.05) is 5.02 Å². The summed E-state index contributed by atoms with van der Waals surface area (Å²) in [5, 5.41) is 3.89. The molecule has 0 heterocycles. The molecule has 2 aromatic rings. The molecule has 0 aromatic heterocycles. The molecular formula is C17H17Cl2NO. The zero-order chi connectivity index (χ0) is 15.4. The predicted octanol–water partition coefficient (Wildman–Crippen LogP) is 5.18. The van der Waals surface area contributed by atoms with Crippen LogP contribution >= 0.6 is 23.2 Å². The lowest BCUT2D eigenvalue weighted by atomic mass is 10.0. The van der Waals surface area contributed by atoms with Crippen molar-refractivity contribution in [2.24, 2.45) is 0 Å². The van der Waals surface area contributed by atoms with Gasteiger partial charge in [-0.25, -0.2) is 0 Å². The van der Waals surface area contributed by atoms with E-state index >= 15 is 0 Å². The lowest BCUT2D eigenvalue weighted by Crippen LogP contribution is -2.28. The normalized spacial score (nSPS) is 12.0. The second-order valence-electron chi connectivity index (χ2n) is 4.97. The highest BCUT2D eigenvalue weighted by Crippen LogP contribution is 2.23. The Labute approximate surface area is 135 Å². The molecule has 2 nitrogen and oxygen atoms in total. The molecule has 1 N–H and O–H groups in total. The van der Waals surface area contributed by atoms with Crippen molar-refractivity contribution in [2.45, 2.75) is 26.3 Å². The third-order valence-electron chi connectivity index (χ3n) is 3.37. The summed E-state index contributed by atoms with van der Waals surface area (Å²) < 4.78 is 0. The Bertz CT molecular complexity index is 638. The van der Waals surface area contributed by atoms with E-state index in [2.05, 4.69) is 5.32 Å². The molecule has 0 bridgehead atoms. The molecule has 110 valence electrons. The molecule has 4 heteroatoms. The second-order valence-corrected chi connectivity index (χ2v) is 5.81. The number of hydrogen-bond donors (Lipinski definition) is 1. The van der Waals surface area contributed by atoms with Crippen LogP contribution in [0.3, 0.4) is 0 Å². The van der Waals surface area contributed by atoms with Gasteiger partial charge in [-0.15, -0.1) is 0 Å². The maximum Gasteiger partial charge on any atom is 0.253 e. The van der Waals surface area contributed by atoms with Gasteiger partial charge in [-0.05, 0) is 37.1 Å². The van der Waals surface area contributed by atoms with E-state index in [1.165, 1.54) is 5.56 Å². The molecule has 0 spiro atoms. The largest absolute Gasteiger partial charge is 0.345 e. The van der Waals surface area contributed by atoms with Crippen molar-refractivity contribution < 1.29 is 4.79 Å². The maximum absolute atomic E-state index is 12.3. The Balaban J connectivity index is 2.18. The molecule has 0 aliphatic rings. The molecule has 1 atom stereocenters. The minimum Gasteiger partial charge on any atom is -0.345 e. The van der Waals surface area contributed by atoms with Crippen molar-refractivity contribution in [2.75, 3.05) is 0 Å². The first kappa shape index (κ1) is 15.9. The Kier molecular flexibility index (Phi) is 5.27. The van der Waals surface area contributed by atoms with Crippen molar-refractivity contribution in [3.63, 3.8) is 0 Å². The number of nitrogens with one attached hydrogen (secondary N) is 1. The molecule has 0 aliphatic heterocycles. The smallest absolute Gasteiger partial charge is 0.253 e. The zero-order valence-corrected chi connectivity index (χ0v) is 13.5. The number of carbonyl (C=O) groups is 1. The third kappa shape index (κ3) is 3.99. The Morgan fingerprint density at radius 2 is 1.81 bits per heavy atom. The quantitative estimate of drug-likeness (QED) is 0.825. The minimum absolute atomic E-state index is 0.0372. The zero-order valence-electron chi connectivity index (χ0n) is 12.0. The van der Waals surface area contributed by atoms with Crippen LogP contribution in [0.1, 0.15) is 40.9 Å². The van der Waals surface area contributed by atoms with Crippen molar-refractivity contribution in [3.05, 3.63) is 69.2 Å². The van der Waals surface area contributed by atoms with Gasteiger partial charge in [0.25, 0.3) is 5.91 Å². The fraction of sp³-hybridized carbons (Fsp3) is 0.235. The van der Waals surface area contributed by atoms with Crippen molar-refractivity contribution in [1.29, 1.82) is 0 Å². The molecule has 0 radical (unpaired) electrons. The molecule has 0 saturated heterocycles. The van der Waals surface area contributed by atoms with Gasteiger partial charge in [0.1, 0.15) is 0 Å². The van der Waals surface area contributed by atoms with E-state index in [1.54, 1.807) is 18.2 Å². The SMILES string of the molecule is CC[C@@H](NC(=O)c1ccc(Cl)cc1Cl)c1ccc(C)cc1. The average molecular weight is 322 g/mol. The van der Waals surface area contributed by atoms with Gasteiger partial charge in [-0.2, -0.15) is 0 Å². The van der Waals surface area contributed by atoms with Gasteiger partial charge in [-0.1, -0.05) is 60.0 Å². The fourth-order valence-electron chi connectivity index (χ4n) is 2.13. The molecule has 0 saturated carbocycles. The van der Waals surface area contributed by atoms with E-state index in [9.17, 15) is 4.79 Å². The summed E-state index contributed by atoms with van der Waals surface area (Å²) in [6.45, 7) is 4.07. The van der Waals surface area contributed by atoms with Crippen LogP contribution in [0.4, 0.5) is 0 Å². The molecule has 2 aromatic carbocycles. The lowest BCUT2D eigenvalue weighted by Gasteiger charge is -2.18. The van der Waals surface area contributed by atoms with Crippen LogP contribution < -0.4 is 5.32 Å². The highest BCUT2D eigenvalue weighted by Gasteiger charge is 2.16. The lowest BCUT2D eigenvalue weighted by molar-refractivity contribution is 0.0935. The van der Waals surface area contributed by atoms with Gasteiger partial charge in [0.2, 0.25) is 0 Å². The summed E-state index contributed by atoms with van der Waals surface area (Å²) in [7, 11) is 0. The molecular weight excluding hydrogens is 305 g/mol. The summed E-state index contributed by atoms with van der Waals surface area (Å²) in [6, 6.07) is 13.0. The number of amides is 1. The average Bonchev–Trinajstić information content (AvgIpc) is 2.45. The predicted molar refractivity (Wildman–Crippen MR) is 88.1 cm³/mol. The van der Waals surface area contributed by atoms with Gasteiger partial charge in [-0.3, -0.25) is 4.79 Å². The Hall–Kier alpha value is -1.51. The van der Waals surface area contributed by atoms with Gasteiger partial charge < -0.3 is 5.32 Å². The van der Waals surface area contributed by atoms with E-state index in [-0.39, 0.29) is 11.9 Å². The molecule has 21 heavy (non-hydrogen) atoms. The van der Waals surface area contributed by atoms with Gasteiger partial charge in [0.05, 0.1) is 16.6 Å². The molecule has 2 rings (SSSR count). The van der Waals surface area contributed by atoms with Crippen LogP contribution in [0.25, 0.3) is 0 Å². The number of carbonyl (C=O) groups excluding carboxylic acids is 1. The molecule has 0 unspecified atom stereocenters. The topological polar surface area (TPSA) is 29.1 Å². The second kappa shape index (κ2) is 6.97. The summed E-state index contributed by atoms with van der Waals surface area (Å²) in [4.78, 5) is 12.3. The van der Waals surface area contributed by atoms with E-state index in [1.807, 2.05) is 38.1 Å². The van der Waals surface area contributed by atoms with E-state index < -0.39 is 0 Å². The van der Waals surface area contributed by atoms with Crippen LogP contribution in [0, 0.1) is 6.92 Å². The summed E-state index contributed by atoms with van der Waals surface area (Å²) in [5.41, 5.74) is 2.72. The van der Waals surface area contributed by atoms with Crippen LogP contribution in [0.2, 0.25) is 10.0 Å². The van der Waals surface area contributed by atoms with Gasteiger partial charge >= 0.3 is 0 Å². The first-order chi connectivity index (χ1) is 10.0. The van der Waals surface area contributed by atoms with Crippen molar-refractivity contribution in [1.82, 2.24) is 5.32 Å². The van der Waals surface area contributed by atoms with Gasteiger partial charge in [0.15, 0.2) is 0 Å². The fourth-order valence-corrected chi connectivity index (χ4v) is 2.62. The number of halogens is 2. The first-order valence-electron chi connectivity index (χ1n) is 6.83. The van der Waals surface area contributed by atoms with Crippen molar-refractivity contribution in [3.8, 4) is 0 Å². The monoisotopic (exact) mass is 321 g/mol. The summed E-state index contributed by atoms with van der Waals surface area (Å²) in [6.07, 6.45) is 0.806. The number of benzene rings is 2. The summed E-state index contributed by atoms with van der Waals surface area (Å²) in [5.74, 6) is -0.191. The van der Waals surface area contributed by atoms with E-state index in [4.69, 9.17) is 23.2 Å². The number of hydrogen-bond acceptors (Lipinski definition) is 1. The van der Waals surface area contributed by atoms with Crippen LogP contribution in [0.5, 0.6) is 0 Å². The first-order valence-corrected chi connectivity index (χ1v) is 7.59. The molecule has 1 amide bonds. The maximum atomic E-state index is 12.3. The molecule has 0 aliphatic carbocycles. The minimum atomic E-state index is -0.191. The van der Waals surface area contributed by atoms with Crippen molar-refractivity contribution >= 4 is 29.1 Å². The molecule has 0 fully saturated rings.